The largest absolute Gasteiger partial charge is 0.380 e. The number of anilines is 1. The minimum Gasteiger partial charge on any atom is -0.380 e. The molecule has 1 aromatic heterocycles. The molecular formula is C10H10BrClN2O. The van der Waals surface area contributed by atoms with Gasteiger partial charge in [-0.3, -0.25) is 0 Å². The van der Waals surface area contributed by atoms with E-state index in [-0.39, 0.29) is 0 Å². The summed E-state index contributed by atoms with van der Waals surface area (Å²) >= 11 is 9.37. The SMILES string of the molecule is Clc1ccc(Br)c(N2CC3(COC3)C2)n1. The highest BCUT2D eigenvalue weighted by atomic mass is 79.9. The Bertz CT molecular complexity index is 400. The summed E-state index contributed by atoms with van der Waals surface area (Å²) in [5.74, 6) is 0.944. The molecule has 3 nitrogen and oxygen atoms in total. The first-order valence-electron chi connectivity index (χ1n) is 4.83. The maximum Gasteiger partial charge on any atom is 0.144 e. The Morgan fingerprint density at radius 1 is 1.40 bits per heavy atom. The Morgan fingerprint density at radius 2 is 2.13 bits per heavy atom. The lowest BCUT2D eigenvalue weighted by Crippen LogP contribution is -2.66. The molecule has 15 heavy (non-hydrogen) atoms. The molecule has 0 bridgehead atoms. The van der Waals surface area contributed by atoms with E-state index >= 15 is 0 Å². The number of hydrogen-bond donors (Lipinski definition) is 0. The summed E-state index contributed by atoms with van der Waals surface area (Å²) in [4.78, 5) is 6.56. The number of halogens is 2. The summed E-state index contributed by atoms with van der Waals surface area (Å²) in [7, 11) is 0. The van der Waals surface area contributed by atoms with Crippen molar-refractivity contribution < 1.29 is 4.74 Å². The van der Waals surface area contributed by atoms with Crippen LogP contribution in [0.25, 0.3) is 0 Å². The van der Waals surface area contributed by atoms with E-state index in [0.29, 0.717) is 10.6 Å². The second-order valence-corrected chi connectivity index (χ2v) is 5.53. The zero-order valence-electron chi connectivity index (χ0n) is 8.04. The van der Waals surface area contributed by atoms with Crippen LogP contribution in [0.3, 0.4) is 0 Å². The first kappa shape index (κ1) is 9.87. The van der Waals surface area contributed by atoms with E-state index in [0.717, 1.165) is 36.6 Å². The third-order valence-electron chi connectivity index (χ3n) is 2.96. The lowest BCUT2D eigenvalue weighted by molar-refractivity contribution is -0.127. The predicted molar refractivity (Wildman–Crippen MR) is 62.4 cm³/mol. The number of ether oxygens (including phenoxy) is 1. The standard InChI is InChI=1S/C10H10BrClN2O/c11-7-1-2-8(12)13-9(7)14-3-10(4-14)5-15-6-10/h1-2H,3-6H2. The Balaban J connectivity index is 1.80. The number of pyridine rings is 1. The van der Waals surface area contributed by atoms with Gasteiger partial charge in [0, 0.05) is 13.1 Å². The fourth-order valence-corrected chi connectivity index (χ4v) is 2.73. The van der Waals surface area contributed by atoms with E-state index in [1.54, 1.807) is 6.07 Å². The first-order chi connectivity index (χ1) is 7.19. The van der Waals surface area contributed by atoms with Gasteiger partial charge in [0.25, 0.3) is 0 Å². The molecule has 0 amide bonds. The van der Waals surface area contributed by atoms with Crippen LogP contribution in [0.1, 0.15) is 0 Å². The molecular weight excluding hydrogens is 279 g/mol. The van der Waals surface area contributed by atoms with Crippen molar-refractivity contribution in [3.63, 3.8) is 0 Å². The van der Waals surface area contributed by atoms with Gasteiger partial charge >= 0.3 is 0 Å². The fraction of sp³-hybridized carbons (Fsp3) is 0.500. The molecule has 0 aliphatic carbocycles. The van der Waals surface area contributed by atoms with E-state index in [9.17, 15) is 0 Å². The third kappa shape index (κ3) is 1.55. The Kier molecular flexibility index (Phi) is 2.20. The molecule has 2 aliphatic rings. The molecule has 0 radical (unpaired) electrons. The summed E-state index contributed by atoms with van der Waals surface area (Å²) in [6, 6.07) is 3.73. The van der Waals surface area contributed by atoms with E-state index < -0.39 is 0 Å². The van der Waals surface area contributed by atoms with Crippen LogP contribution < -0.4 is 4.90 Å². The average Bonchev–Trinajstić information content (AvgIpc) is 2.06. The molecule has 0 aromatic carbocycles. The molecule has 2 fully saturated rings. The summed E-state index contributed by atoms with van der Waals surface area (Å²) in [5, 5.41) is 0.541. The predicted octanol–water partition coefficient (Wildman–Crippen LogP) is 2.33. The third-order valence-corrected chi connectivity index (χ3v) is 3.79. The lowest BCUT2D eigenvalue weighted by atomic mass is 9.78. The van der Waals surface area contributed by atoms with Gasteiger partial charge in [0.05, 0.1) is 23.1 Å². The topological polar surface area (TPSA) is 25.4 Å². The van der Waals surface area contributed by atoms with Gasteiger partial charge in [-0.15, -0.1) is 0 Å². The fourth-order valence-electron chi connectivity index (χ4n) is 2.12. The molecule has 0 saturated carbocycles. The van der Waals surface area contributed by atoms with Gasteiger partial charge in [-0.25, -0.2) is 4.98 Å². The van der Waals surface area contributed by atoms with Crippen molar-refractivity contribution in [3.8, 4) is 0 Å². The van der Waals surface area contributed by atoms with Gasteiger partial charge in [-0.05, 0) is 28.1 Å². The van der Waals surface area contributed by atoms with Crippen LogP contribution in [-0.4, -0.2) is 31.3 Å². The molecule has 0 atom stereocenters. The summed E-state index contributed by atoms with van der Waals surface area (Å²) < 4.78 is 6.24. The highest BCUT2D eigenvalue weighted by Crippen LogP contribution is 2.41. The van der Waals surface area contributed by atoms with Crippen LogP contribution in [-0.2, 0) is 4.74 Å². The maximum absolute atomic E-state index is 5.88. The Labute approximate surface area is 102 Å². The second kappa shape index (κ2) is 3.34. The Morgan fingerprint density at radius 3 is 2.73 bits per heavy atom. The van der Waals surface area contributed by atoms with Crippen LogP contribution in [0.15, 0.2) is 16.6 Å². The lowest BCUT2D eigenvalue weighted by Gasteiger charge is -2.55. The number of nitrogens with zero attached hydrogens (tertiary/aromatic N) is 2. The molecule has 3 rings (SSSR count). The molecule has 1 aromatic rings. The molecule has 0 N–H and O–H groups in total. The zero-order valence-corrected chi connectivity index (χ0v) is 10.4. The van der Waals surface area contributed by atoms with Gasteiger partial charge < -0.3 is 9.64 Å². The van der Waals surface area contributed by atoms with Gasteiger partial charge in [0.2, 0.25) is 0 Å². The minimum absolute atomic E-state index is 0.406. The molecule has 0 unspecified atom stereocenters. The summed E-state index contributed by atoms with van der Waals surface area (Å²) in [6.07, 6.45) is 0. The summed E-state index contributed by atoms with van der Waals surface area (Å²) in [6.45, 7) is 3.83. The van der Waals surface area contributed by atoms with E-state index in [1.807, 2.05) is 6.07 Å². The monoisotopic (exact) mass is 288 g/mol. The van der Waals surface area contributed by atoms with Gasteiger partial charge in [0.15, 0.2) is 0 Å². The second-order valence-electron chi connectivity index (χ2n) is 4.29. The van der Waals surface area contributed by atoms with Crippen molar-refractivity contribution in [2.45, 2.75) is 0 Å². The van der Waals surface area contributed by atoms with Crippen molar-refractivity contribution in [3.05, 3.63) is 21.8 Å². The van der Waals surface area contributed by atoms with Crippen LogP contribution in [0.5, 0.6) is 0 Å². The quantitative estimate of drug-likeness (QED) is 0.742. The number of hydrogen-bond acceptors (Lipinski definition) is 3. The molecule has 3 heterocycles. The van der Waals surface area contributed by atoms with Gasteiger partial charge in [-0.2, -0.15) is 0 Å². The smallest absolute Gasteiger partial charge is 0.144 e. The van der Waals surface area contributed by atoms with Crippen molar-refractivity contribution in [1.29, 1.82) is 0 Å². The van der Waals surface area contributed by atoms with Crippen molar-refractivity contribution >= 4 is 33.3 Å². The van der Waals surface area contributed by atoms with Crippen LogP contribution in [0, 0.1) is 5.41 Å². The molecule has 2 saturated heterocycles. The van der Waals surface area contributed by atoms with E-state index in [4.69, 9.17) is 16.3 Å². The maximum atomic E-state index is 5.88. The van der Waals surface area contributed by atoms with E-state index in [1.165, 1.54) is 0 Å². The minimum atomic E-state index is 0.406. The first-order valence-corrected chi connectivity index (χ1v) is 6.00. The summed E-state index contributed by atoms with van der Waals surface area (Å²) in [5.41, 5.74) is 0.406. The molecule has 1 spiro atoms. The zero-order chi connectivity index (χ0) is 10.5. The van der Waals surface area contributed by atoms with E-state index in [2.05, 4.69) is 25.8 Å². The number of aromatic nitrogens is 1. The average molecular weight is 290 g/mol. The molecule has 80 valence electrons. The van der Waals surface area contributed by atoms with Crippen molar-refractivity contribution in [2.24, 2.45) is 5.41 Å². The van der Waals surface area contributed by atoms with Crippen molar-refractivity contribution in [2.75, 3.05) is 31.2 Å². The van der Waals surface area contributed by atoms with Crippen LogP contribution in [0.2, 0.25) is 5.15 Å². The van der Waals surface area contributed by atoms with Crippen LogP contribution >= 0.6 is 27.5 Å². The number of rotatable bonds is 1. The van der Waals surface area contributed by atoms with Gasteiger partial charge in [0.1, 0.15) is 11.0 Å². The van der Waals surface area contributed by atoms with Gasteiger partial charge in [-0.1, -0.05) is 11.6 Å². The van der Waals surface area contributed by atoms with Crippen molar-refractivity contribution in [1.82, 2.24) is 4.98 Å². The highest BCUT2D eigenvalue weighted by molar-refractivity contribution is 9.10. The Hall–Kier alpha value is -0.320. The molecule has 5 heteroatoms. The molecule has 2 aliphatic heterocycles. The van der Waals surface area contributed by atoms with Crippen LogP contribution in [0.4, 0.5) is 5.82 Å². The highest BCUT2D eigenvalue weighted by Gasteiger charge is 2.49. The normalized spacial score (nSPS) is 22.4.